The van der Waals surface area contributed by atoms with Gasteiger partial charge in [-0.25, -0.2) is 9.59 Å². The van der Waals surface area contributed by atoms with Gasteiger partial charge in [-0.15, -0.1) is 0 Å². The molecule has 2 unspecified atom stereocenters. The lowest BCUT2D eigenvalue weighted by Crippen LogP contribution is -2.41. The number of aliphatic carboxylic acids is 1. The molecule has 3 rings (SSSR count). The third-order valence-electron chi connectivity index (χ3n) is 4.86. The number of carboxylic acid groups (broad SMARTS) is 1. The highest BCUT2D eigenvalue weighted by molar-refractivity contribution is 5.72. The lowest BCUT2D eigenvalue weighted by Gasteiger charge is -2.33. The summed E-state index contributed by atoms with van der Waals surface area (Å²) in [5.74, 6) is -0.549. The molecule has 0 aromatic heterocycles. The summed E-state index contributed by atoms with van der Waals surface area (Å²) in [5, 5.41) is 9.00. The fraction of sp³-hybridized carbons (Fsp3) is 0.556. The second-order valence-corrected chi connectivity index (χ2v) is 6.44. The Bertz CT molecular complexity index is 568. The van der Waals surface area contributed by atoms with Crippen LogP contribution in [0, 0.1) is 5.92 Å². The summed E-state index contributed by atoms with van der Waals surface area (Å²) >= 11 is 0. The number of amides is 1. The van der Waals surface area contributed by atoms with E-state index in [9.17, 15) is 9.59 Å². The molecule has 0 bridgehead atoms. The zero-order valence-corrected chi connectivity index (χ0v) is 13.6. The molecule has 24 heavy (non-hydrogen) atoms. The molecule has 0 saturated carbocycles. The van der Waals surface area contributed by atoms with E-state index in [1.807, 2.05) is 30.3 Å². The van der Waals surface area contributed by atoms with Gasteiger partial charge in [-0.2, -0.15) is 0 Å². The molecular weight excluding hydrogens is 310 g/mol. The molecule has 6 heteroatoms. The SMILES string of the molecule is O=C(O)C1CCC(C2CCN(C(=O)OCc3ccccc3)CC2)O1. The molecule has 2 atom stereocenters. The van der Waals surface area contributed by atoms with Crippen LogP contribution in [-0.2, 0) is 20.9 Å². The van der Waals surface area contributed by atoms with Gasteiger partial charge >= 0.3 is 12.1 Å². The van der Waals surface area contributed by atoms with Crippen LogP contribution in [0.5, 0.6) is 0 Å². The van der Waals surface area contributed by atoms with Crippen LogP contribution in [0.4, 0.5) is 4.79 Å². The monoisotopic (exact) mass is 333 g/mol. The summed E-state index contributed by atoms with van der Waals surface area (Å²) in [6.45, 7) is 1.55. The topological polar surface area (TPSA) is 76.1 Å². The summed E-state index contributed by atoms with van der Waals surface area (Å²) in [5.41, 5.74) is 0.972. The van der Waals surface area contributed by atoms with E-state index < -0.39 is 12.1 Å². The van der Waals surface area contributed by atoms with E-state index in [1.54, 1.807) is 4.90 Å². The van der Waals surface area contributed by atoms with E-state index in [2.05, 4.69) is 0 Å². The lowest BCUT2D eigenvalue weighted by atomic mass is 9.90. The van der Waals surface area contributed by atoms with Crippen LogP contribution in [0.2, 0.25) is 0 Å². The summed E-state index contributed by atoms with van der Waals surface area (Å²) < 4.78 is 11.0. The summed E-state index contributed by atoms with van der Waals surface area (Å²) in [7, 11) is 0. The number of carbonyl (C=O) groups excluding carboxylic acids is 1. The predicted molar refractivity (Wildman–Crippen MR) is 86.5 cm³/mol. The van der Waals surface area contributed by atoms with E-state index in [0.29, 0.717) is 25.4 Å². The largest absolute Gasteiger partial charge is 0.479 e. The van der Waals surface area contributed by atoms with Gasteiger partial charge in [0.25, 0.3) is 0 Å². The zero-order valence-electron chi connectivity index (χ0n) is 13.6. The maximum atomic E-state index is 12.1. The number of carbonyl (C=O) groups is 2. The fourth-order valence-electron chi connectivity index (χ4n) is 3.46. The van der Waals surface area contributed by atoms with Crippen LogP contribution < -0.4 is 0 Å². The van der Waals surface area contributed by atoms with Crippen molar-refractivity contribution in [3.05, 3.63) is 35.9 Å². The van der Waals surface area contributed by atoms with Gasteiger partial charge < -0.3 is 19.5 Å². The minimum atomic E-state index is -0.876. The molecule has 2 aliphatic rings. The first-order chi connectivity index (χ1) is 11.6. The van der Waals surface area contributed by atoms with E-state index in [4.69, 9.17) is 14.6 Å². The van der Waals surface area contributed by atoms with Crippen LogP contribution in [-0.4, -0.2) is 47.4 Å². The molecule has 1 amide bonds. The molecule has 1 N–H and O–H groups in total. The molecule has 2 fully saturated rings. The Morgan fingerprint density at radius 1 is 1.12 bits per heavy atom. The van der Waals surface area contributed by atoms with Crippen molar-refractivity contribution in [3.63, 3.8) is 0 Å². The Morgan fingerprint density at radius 2 is 1.83 bits per heavy atom. The van der Waals surface area contributed by atoms with Crippen molar-refractivity contribution in [3.8, 4) is 0 Å². The first-order valence-corrected chi connectivity index (χ1v) is 8.47. The number of benzene rings is 1. The molecule has 1 aromatic carbocycles. The van der Waals surface area contributed by atoms with Crippen molar-refractivity contribution in [2.45, 2.75) is 44.5 Å². The molecule has 1 aromatic rings. The van der Waals surface area contributed by atoms with E-state index in [-0.39, 0.29) is 18.8 Å². The third-order valence-corrected chi connectivity index (χ3v) is 4.86. The highest BCUT2D eigenvalue weighted by Crippen LogP contribution is 2.32. The Kier molecular flexibility index (Phi) is 5.35. The number of piperidine rings is 1. The standard InChI is InChI=1S/C18H23NO5/c20-17(21)16-7-6-15(24-16)14-8-10-19(11-9-14)18(22)23-12-13-4-2-1-3-5-13/h1-5,14-16H,6-12H2,(H,20,21). The number of likely N-dealkylation sites (tertiary alicyclic amines) is 1. The molecule has 0 radical (unpaired) electrons. The Morgan fingerprint density at radius 3 is 2.46 bits per heavy atom. The Labute approximate surface area is 141 Å². The smallest absolute Gasteiger partial charge is 0.410 e. The van der Waals surface area contributed by atoms with Gasteiger partial charge in [0.2, 0.25) is 0 Å². The molecular formula is C18H23NO5. The molecule has 6 nitrogen and oxygen atoms in total. The van der Waals surface area contributed by atoms with Crippen molar-refractivity contribution in [1.29, 1.82) is 0 Å². The van der Waals surface area contributed by atoms with Crippen LogP contribution in [0.3, 0.4) is 0 Å². The summed E-state index contributed by atoms with van der Waals surface area (Å²) in [6, 6.07) is 9.61. The van der Waals surface area contributed by atoms with E-state index in [0.717, 1.165) is 24.8 Å². The van der Waals surface area contributed by atoms with Gasteiger partial charge in [0, 0.05) is 13.1 Å². The van der Waals surface area contributed by atoms with Crippen molar-refractivity contribution >= 4 is 12.1 Å². The summed E-state index contributed by atoms with van der Waals surface area (Å²) in [4.78, 5) is 24.8. The number of ether oxygens (including phenoxy) is 2. The molecule has 0 aliphatic carbocycles. The van der Waals surface area contributed by atoms with Crippen LogP contribution in [0.25, 0.3) is 0 Å². The fourth-order valence-corrected chi connectivity index (χ4v) is 3.46. The van der Waals surface area contributed by atoms with Crippen molar-refractivity contribution < 1.29 is 24.2 Å². The highest BCUT2D eigenvalue weighted by atomic mass is 16.6. The predicted octanol–water partition coefficient (Wildman–Crippen LogP) is 2.67. The molecule has 130 valence electrons. The average molecular weight is 333 g/mol. The normalized spacial score (nSPS) is 24.8. The van der Waals surface area contributed by atoms with Crippen molar-refractivity contribution in [1.82, 2.24) is 4.90 Å². The van der Waals surface area contributed by atoms with Crippen LogP contribution in [0.1, 0.15) is 31.2 Å². The average Bonchev–Trinajstić information content (AvgIpc) is 3.11. The van der Waals surface area contributed by atoms with E-state index in [1.165, 1.54) is 0 Å². The summed E-state index contributed by atoms with van der Waals surface area (Å²) in [6.07, 6.45) is 2.10. The van der Waals surface area contributed by atoms with Crippen molar-refractivity contribution in [2.75, 3.05) is 13.1 Å². The maximum Gasteiger partial charge on any atom is 0.410 e. The Hall–Kier alpha value is -2.08. The minimum absolute atomic E-state index is 0.00795. The number of carboxylic acids is 1. The van der Waals surface area contributed by atoms with Gasteiger partial charge in [-0.05, 0) is 37.2 Å². The van der Waals surface area contributed by atoms with Gasteiger partial charge in [-0.3, -0.25) is 0 Å². The van der Waals surface area contributed by atoms with Gasteiger partial charge in [0.15, 0.2) is 6.10 Å². The number of hydrogen-bond donors (Lipinski definition) is 1. The third kappa shape index (κ3) is 4.06. The second-order valence-electron chi connectivity index (χ2n) is 6.44. The zero-order chi connectivity index (χ0) is 16.9. The van der Waals surface area contributed by atoms with E-state index >= 15 is 0 Å². The molecule has 2 saturated heterocycles. The molecule has 2 heterocycles. The molecule has 0 spiro atoms. The number of rotatable bonds is 4. The first kappa shape index (κ1) is 16.8. The quantitative estimate of drug-likeness (QED) is 0.917. The lowest BCUT2D eigenvalue weighted by molar-refractivity contribution is -0.150. The maximum absolute atomic E-state index is 12.1. The van der Waals surface area contributed by atoms with Crippen LogP contribution in [0.15, 0.2) is 30.3 Å². The first-order valence-electron chi connectivity index (χ1n) is 8.47. The number of hydrogen-bond acceptors (Lipinski definition) is 4. The van der Waals surface area contributed by atoms with Crippen molar-refractivity contribution in [2.24, 2.45) is 5.92 Å². The van der Waals surface area contributed by atoms with Gasteiger partial charge in [0.1, 0.15) is 6.61 Å². The number of nitrogens with zero attached hydrogens (tertiary/aromatic N) is 1. The van der Waals surface area contributed by atoms with Gasteiger partial charge in [0.05, 0.1) is 6.10 Å². The Balaban J connectivity index is 1.42. The highest BCUT2D eigenvalue weighted by Gasteiger charge is 2.37. The minimum Gasteiger partial charge on any atom is -0.479 e. The molecule has 2 aliphatic heterocycles. The van der Waals surface area contributed by atoms with Gasteiger partial charge in [-0.1, -0.05) is 30.3 Å². The second kappa shape index (κ2) is 7.66. The van der Waals surface area contributed by atoms with Crippen LogP contribution >= 0.6 is 0 Å².